The normalized spacial score (nSPS) is 11.8. The molecule has 0 saturated carbocycles. The van der Waals surface area contributed by atoms with E-state index in [2.05, 4.69) is 13.2 Å². The molecule has 0 fully saturated rings. The summed E-state index contributed by atoms with van der Waals surface area (Å²) in [7, 11) is 1.52. The van der Waals surface area contributed by atoms with Crippen molar-refractivity contribution in [2.45, 2.75) is 0 Å². The summed E-state index contributed by atoms with van der Waals surface area (Å²) in [6.45, 7) is 6.94. The smallest absolute Gasteiger partial charge is 0.123 e. The molecule has 0 aliphatic heterocycles. The number of methoxy groups -OCH3 is 1. The summed E-state index contributed by atoms with van der Waals surface area (Å²) in [4.78, 5) is 0. The van der Waals surface area contributed by atoms with Gasteiger partial charge in [-0.25, -0.2) is 0 Å². The van der Waals surface area contributed by atoms with Gasteiger partial charge in [0.2, 0.25) is 0 Å². The SMILES string of the molecule is C=C/C(CO)=C(\C=C)OC. The third-order valence-corrected chi connectivity index (χ3v) is 1.14. The fourth-order valence-electron chi connectivity index (χ4n) is 0.589. The molecular formula is C8H12O2. The first-order valence-electron chi connectivity index (χ1n) is 2.93. The van der Waals surface area contributed by atoms with Crippen LogP contribution in [0.2, 0.25) is 0 Å². The maximum absolute atomic E-state index is 8.70. The predicted molar refractivity (Wildman–Crippen MR) is 41.5 cm³/mol. The van der Waals surface area contributed by atoms with Crippen molar-refractivity contribution in [3.63, 3.8) is 0 Å². The lowest BCUT2D eigenvalue weighted by molar-refractivity contribution is 0.284. The number of rotatable bonds is 4. The molecule has 0 atom stereocenters. The molecule has 0 unspecified atom stereocenters. The molecule has 0 aromatic heterocycles. The van der Waals surface area contributed by atoms with Crippen molar-refractivity contribution >= 4 is 0 Å². The molecule has 0 aromatic carbocycles. The first-order valence-corrected chi connectivity index (χ1v) is 2.93. The Balaban J connectivity index is 4.50. The summed E-state index contributed by atoms with van der Waals surface area (Å²) in [5.74, 6) is 0.567. The van der Waals surface area contributed by atoms with E-state index >= 15 is 0 Å². The molecule has 0 heterocycles. The zero-order chi connectivity index (χ0) is 7.98. The van der Waals surface area contributed by atoms with Gasteiger partial charge in [-0.2, -0.15) is 0 Å². The molecule has 0 radical (unpaired) electrons. The Morgan fingerprint density at radius 2 is 2.10 bits per heavy atom. The zero-order valence-electron chi connectivity index (χ0n) is 6.13. The quantitative estimate of drug-likeness (QED) is 0.470. The second-order valence-corrected chi connectivity index (χ2v) is 1.66. The minimum atomic E-state index is -0.0707. The Morgan fingerprint density at radius 3 is 2.20 bits per heavy atom. The van der Waals surface area contributed by atoms with Crippen molar-refractivity contribution in [2.75, 3.05) is 13.7 Å². The molecule has 10 heavy (non-hydrogen) atoms. The van der Waals surface area contributed by atoms with Crippen LogP contribution in [-0.2, 0) is 4.74 Å². The molecule has 1 N–H and O–H groups in total. The molecule has 0 spiro atoms. The van der Waals surface area contributed by atoms with Gasteiger partial charge < -0.3 is 9.84 Å². The first-order chi connectivity index (χ1) is 4.79. The molecule has 56 valence electrons. The van der Waals surface area contributed by atoms with Crippen LogP contribution in [-0.4, -0.2) is 18.8 Å². The van der Waals surface area contributed by atoms with Crippen LogP contribution in [0.3, 0.4) is 0 Å². The molecule has 0 amide bonds. The Morgan fingerprint density at radius 1 is 1.50 bits per heavy atom. The average molecular weight is 140 g/mol. The van der Waals surface area contributed by atoms with E-state index in [1.54, 1.807) is 6.08 Å². The van der Waals surface area contributed by atoms with E-state index in [1.807, 2.05) is 0 Å². The summed E-state index contributed by atoms with van der Waals surface area (Å²) in [6, 6.07) is 0. The van der Waals surface area contributed by atoms with Crippen LogP contribution in [0, 0.1) is 0 Å². The number of ether oxygens (including phenoxy) is 1. The van der Waals surface area contributed by atoms with Gasteiger partial charge in [-0.3, -0.25) is 0 Å². The second kappa shape index (κ2) is 4.82. The number of aliphatic hydroxyl groups excluding tert-OH is 1. The number of hydrogen-bond donors (Lipinski definition) is 1. The van der Waals surface area contributed by atoms with E-state index in [0.29, 0.717) is 11.3 Å². The molecule has 0 saturated heterocycles. The molecule has 0 bridgehead atoms. The number of hydrogen-bond acceptors (Lipinski definition) is 2. The molecule has 0 rings (SSSR count). The van der Waals surface area contributed by atoms with Crippen molar-refractivity contribution in [3.8, 4) is 0 Å². The van der Waals surface area contributed by atoms with E-state index in [9.17, 15) is 0 Å². The van der Waals surface area contributed by atoms with Gasteiger partial charge >= 0.3 is 0 Å². The highest BCUT2D eigenvalue weighted by atomic mass is 16.5. The largest absolute Gasteiger partial charge is 0.496 e. The fourth-order valence-corrected chi connectivity index (χ4v) is 0.589. The van der Waals surface area contributed by atoms with Gasteiger partial charge in [0.15, 0.2) is 0 Å². The lowest BCUT2D eigenvalue weighted by atomic mass is 10.2. The molecular weight excluding hydrogens is 128 g/mol. The molecule has 0 aliphatic carbocycles. The van der Waals surface area contributed by atoms with Crippen molar-refractivity contribution < 1.29 is 9.84 Å². The lowest BCUT2D eigenvalue weighted by Gasteiger charge is -2.03. The Kier molecular flexibility index (Phi) is 4.33. The van der Waals surface area contributed by atoms with Gasteiger partial charge in [0, 0.05) is 5.57 Å². The Bertz CT molecular complexity index is 139. The van der Waals surface area contributed by atoms with Crippen molar-refractivity contribution in [3.05, 3.63) is 36.6 Å². The molecule has 2 heteroatoms. The third kappa shape index (κ3) is 2.07. The average Bonchev–Trinajstić information content (AvgIpc) is 2.00. The first kappa shape index (κ1) is 8.98. The van der Waals surface area contributed by atoms with Crippen molar-refractivity contribution in [2.24, 2.45) is 0 Å². The third-order valence-electron chi connectivity index (χ3n) is 1.14. The summed E-state index contributed by atoms with van der Waals surface area (Å²) in [5, 5.41) is 8.70. The highest BCUT2D eigenvalue weighted by molar-refractivity contribution is 5.26. The minimum Gasteiger partial charge on any atom is -0.496 e. The van der Waals surface area contributed by atoms with Gasteiger partial charge in [-0.05, 0) is 6.08 Å². The van der Waals surface area contributed by atoms with E-state index in [-0.39, 0.29) is 6.61 Å². The van der Waals surface area contributed by atoms with Crippen LogP contribution in [0.25, 0.3) is 0 Å². The van der Waals surface area contributed by atoms with E-state index < -0.39 is 0 Å². The van der Waals surface area contributed by atoms with E-state index in [1.165, 1.54) is 13.2 Å². The summed E-state index contributed by atoms with van der Waals surface area (Å²) >= 11 is 0. The topological polar surface area (TPSA) is 29.5 Å². The Hall–Kier alpha value is -1.02. The minimum absolute atomic E-state index is 0.0707. The van der Waals surface area contributed by atoms with Gasteiger partial charge in [0.05, 0.1) is 13.7 Å². The maximum Gasteiger partial charge on any atom is 0.123 e. The van der Waals surface area contributed by atoms with Crippen LogP contribution in [0.5, 0.6) is 0 Å². The monoisotopic (exact) mass is 140 g/mol. The van der Waals surface area contributed by atoms with Crippen LogP contribution >= 0.6 is 0 Å². The molecule has 2 nitrogen and oxygen atoms in total. The van der Waals surface area contributed by atoms with Gasteiger partial charge in [-0.1, -0.05) is 19.2 Å². The predicted octanol–water partition coefficient (Wildman–Crippen LogP) is 1.25. The van der Waals surface area contributed by atoms with Gasteiger partial charge in [-0.15, -0.1) is 0 Å². The Labute approximate surface area is 61.1 Å². The van der Waals surface area contributed by atoms with Crippen molar-refractivity contribution in [1.29, 1.82) is 0 Å². The fraction of sp³-hybridized carbons (Fsp3) is 0.250. The zero-order valence-corrected chi connectivity index (χ0v) is 6.13. The summed E-state index contributed by atoms with van der Waals surface area (Å²) in [6.07, 6.45) is 3.08. The second-order valence-electron chi connectivity index (χ2n) is 1.66. The van der Waals surface area contributed by atoms with Crippen LogP contribution in [0.1, 0.15) is 0 Å². The van der Waals surface area contributed by atoms with Gasteiger partial charge in [0.25, 0.3) is 0 Å². The maximum atomic E-state index is 8.70. The van der Waals surface area contributed by atoms with E-state index in [4.69, 9.17) is 9.84 Å². The van der Waals surface area contributed by atoms with Crippen LogP contribution in [0.4, 0.5) is 0 Å². The van der Waals surface area contributed by atoms with Crippen LogP contribution in [0.15, 0.2) is 36.6 Å². The summed E-state index contributed by atoms with van der Waals surface area (Å²) < 4.78 is 4.87. The number of aliphatic hydroxyl groups is 1. The highest BCUT2D eigenvalue weighted by Crippen LogP contribution is 2.05. The lowest BCUT2D eigenvalue weighted by Crippen LogP contribution is -1.93. The summed E-state index contributed by atoms with van der Waals surface area (Å²) in [5.41, 5.74) is 0.650. The standard InChI is InChI=1S/C8H12O2/c1-4-7(6-9)8(5-2)10-3/h4-5,9H,1-2,6H2,3H3/b8-7-. The number of allylic oxidation sites excluding steroid dienone is 1. The van der Waals surface area contributed by atoms with E-state index in [0.717, 1.165) is 0 Å². The highest BCUT2D eigenvalue weighted by Gasteiger charge is 1.96. The molecule has 0 aromatic rings. The van der Waals surface area contributed by atoms with Crippen molar-refractivity contribution in [1.82, 2.24) is 0 Å². The van der Waals surface area contributed by atoms with Crippen LogP contribution < -0.4 is 0 Å². The molecule has 0 aliphatic rings. The van der Waals surface area contributed by atoms with Gasteiger partial charge in [0.1, 0.15) is 5.76 Å².